The molecule has 1 saturated carbocycles. The summed E-state index contributed by atoms with van der Waals surface area (Å²) in [4.78, 5) is 14.0. The van der Waals surface area contributed by atoms with E-state index < -0.39 is 5.60 Å². The first-order chi connectivity index (χ1) is 11.2. The largest absolute Gasteiger partial charge is 0.444 e. The summed E-state index contributed by atoms with van der Waals surface area (Å²) < 4.78 is 6.58. The molecule has 5 heteroatoms. The lowest BCUT2D eigenvalue weighted by Crippen LogP contribution is -2.53. The molecule has 24 heavy (non-hydrogen) atoms. The van der Waals surface area contributed by atoms with Gasteiger partial charge in [-0.05, 0) is 70.1 Å². The van der Waals surface area contributed by atoms with E-state index in [0.29, 0.717) is 11.5 Å². The van der Waals surface area contributed by atoms with Gasteiger partial charge in [-0.25, -0.2) is 4.79 Å². The molecule has 1 spiro atoms. The van der Waals surface area contributed by atoms with Crippen molar-refractivity contribution in [2.75, 3.05) is 18.4 Å². The highest BCUT2D eigenvalue weighted by atomic mass is 79.9. The normalized spacial score (nSPS) is 20.6. The van der Waals surface area contributed by atoms with Crippen LogP contribution in [-0.4, -0.2) is 35.7 Å². The number of halogens is 1. The Hall–Kier alpha value is -1.23. The van der Waals surface area contributed by atoms with Gasteiger partial charge in [0.05, 0.1) is 0 Å². The average Bonchev–Trinajstić information content (AvgIpc) is 2.44. The van der Waals surface area contributed by atoms with Crippen molar-refractivity contribution < 1.29 is 9.53 Å². The van der Waals surface area contributed by atoms with Gasteiger partial charge in [0.1, 0.15) is 5.60 Å². The fourth-order valence-corrected chi connectivity index (χ4v) is 4.20. The molecule has 132 valence electrons. The van der Waals surface area contributed by atoms with Gasteiger partial charge in [-0.15, -0.1) is 0 Å². The molecule has 0 bridgehead atoms. The molecule has 1 aliphatic heterocycles. The molecular formula is C19H27BrN2O2. The van der Waals surface area contributed by atoms with E-state index in [9.17, 15) is 4.79 Å². The third-order valence-electron chi connectivity index (χ3n) is 5.03. The Morgan fingerprint density at radius 1 is 1.29 bits per heavy atom. The molecule has 1 saturated heterocycles. The molecule has 0 aromatic heterocycles. The van der Waals surface area contributed by atoms with E-state index in [0.717, 1.165) is 30.4 Å². The first-order valence-corrected chi connectivity index (χ1v) is 9.54. The molecule has 0 unspecified atom stereocenters. The van der Waals surface area contributed by atoms with Crippen molar-refractivity contribution in [1.29, 1.82) is 0 Å². The number of carbonyl (C=O) groups is 1. The molecule has 1 aliphatic carbocycles. The minimum atomic E-state index is -0.415. The number of nitrogens with one attached hydrogen (secondary N) is 1. The summed E-state index contributed by atoms with van der Waals surface area (Å²) >= 11 is 3.51. The van der Waals surface area contributed by atoms with Crippen LogP contribution in [0.4, 0.5) is 10.5 Å². The second kappa shape index (κ2) is 6.58. The Bertz CT molecular complexity index is 596. The van der Waals surface area contributed by atoms with E-state index >= 15 is 0 Å². The Labute approximate surface area is 153 Å². The van der Waals surface area contributed by atoms with Gasteiger partial charge >= 0.3 is 6.09 Å². The highest BCUT2D eigenvalue weighted by molar-refractivity contribution is 9.10. The number of hydrogen-bond acceptors (Lipinski definition) is 3. The molecule has 1 N–H and O–H groups in total. The Morgan fingerprint density at radius 2 is 1.96 bits per heavy atom. The zero-order valence-electron chi connectivity index (χ0n) is 14.8. The van der Waals surface area contributed by atoms with Crippen LogP contribution in [-0.2, 0) is 4.74 Å². The topological polar surface area (TPSA) is 41.6 Å². The molecule has 1 amide bonds. The number of nitrogens with zero attached hydrogens (tertiary/aromatic N) is 1. The lowest BCUT2D eigenvalue weighted by Gasteiger charge is -2.52. The van der Waals surface area contributed by atoms with Crippen molar-refractivity contribution >= 4 is 27.7 Å². The highest BCUT2D eigenvalue weighted by Gasteiger charge is 2.46. The third-order valence-corrected chi connectivity index (χ3v) is 5.52. The van der Waals surface area contributed by atoms with Crippen LogP contribution in [0.5, 0.6) is 0 Å². The van der Waals surface area contributed by atoms with Crippen LogP contribution in [0.2, 0.25) is 0 Å². The van der Waals surface area contributed by atoms with Crippen LogP contribution in [0.1, 0.15) is 46.5 Å². The monoisotopic (exact) mass is 394 g/mol. The van der Waals surface area contributed by atoms with E-state index in [4.69, 9.17) is 4.74 Å². The second-order valence-corrected chi connectivity index (χ2v) is 9.14. The van der Waals surface area contributed by atoms with Gasteiger partial charge < -0.3 is 15.0 Å². The van der Waals surface area contributed by atoms with E-state index in [-0.39, 0.29) is 6.09 Å². The van der Waals surface area contributed by atoms with Crippen molar-refractivity contribution in [3.63, 3.8) is 0 Å². The van der Waals surface area contributed by atoms with Crippen LogP contribution in [0, 0.1) is 5.41 Å². The van der Waals surface area contributed by atoms with Crippen molar-refractivity contribution in [3.8, 4) is 0 Å². The van der Waals surface area contributed by atoms with Gasteiger partial charge in [-0.3, -0.25) is 0 Å². The summed E-state index contributed by atoms with van der Waals surface area (Å²) in [6.07, 6.45) is 4.40. The number of benzene rings is 1. The third kappa shape index (κ3) is 4.24. The smallest absolute Gasteiger partial charge is 0.410 e. The molecule has 0 atom stereocenters. The maximum Gasteiger partial charge on any atom is 0.410 e. The standard InChI is InChI=1S/C19H27BrN2O2/c1-18(2,3)24-17(23)22-9-7-19(8-10-22)12-16(13-19)21-15-6-4-5-14(20)11-15/h4-6,11,16,21H,7-10,12-13H2,1-3H3. The first-order valence-electron chi connectivity index (χ1n) is 8.75. The van der Waals surface area contributed by atoms with Crippen molar-refractivity contribution in [1.82, 2.24) is 4.90 Å². The summed E-state index contributed by atoms with van der Waals surface area (Å²) in [7, 11) is 0. The number of hydrogen-bond donors (Lipinski definition) is 1. The van der Waals surface area contributed by atoms with Crippen molar-refractivity contribution in [2.24, 2.45) is 5.41 Å². The lowest BCUT2D eigenvalue weighted by molar-refractivity contribution is -0.00859. The highest BCUT2D eigenvalue weighted by Crippen LogP contribution is 2.50. The number of amides is 1. The number of piperidine rings is 1. The van der Waals surface area contributed by atoms with Crippen molar-refractivity contribution in [2.45, 2.75) is 58.1 Å². The Kier molecular flexibility index (Phi) is 4.82. The summed E-state index contributed by atoms with van der Waals surface area (Å²) in [5, 5.41) is 3.62. The lowest BCUT2D eigenvalue weighted by atomic mass is 9.60. The van der Waals surface area contributed by atoms with Crippen LogP contribution in [0.15, 0.2) is 28.7 Å². The van der Waals surface area contributed by atoms with Crippen LogP contribution in [0.3, 0.4) is 0 Å². The Morgan fingerprint density at radius 3 is 2.54 bits per heavy atom. The maximum atomic E-state index is 12.2. The summed E-state index contributed by atoms with van der Waals surface area (Å²) in [6.45, 7) is 7.39. The number of carbonyl (C=O) groups excluding carboxylic acids is 1. The van der Waals surface area contributed by atoms with E-state index in [1.165, 1.54) is 18.5 Å². The summed E-state index contributed by atoms with van der Waals surface area (Å²) in [5.74, 6) is 0. The molecule has 3 rings (SSSR count). The summed E-state index contributed by atoms with van der Waals surface area (Å²) in [5.41, 5.74) is 1.18. The molecular weight excluding hydrogens is 368 g/mol. The van der Waals surface area contributed by atoms with Crippen molar-refractivity contribution in [3.05, 3.63) is 28.7 Å². The summed E-state index contributed by atoms with van der Waals surface area (Å²) in [6, 6.07) is 8.88. The predicted molar refractivity (Wildman–Crippen MR) is 100 cm³/mol. The van der Waals surface area contributed by atoms with Crippen LogP contribution in [0.25, 0.3) is 0 Å². The van der Waals surface area contributed by atoms with E-state index in [2.05, 4.69) is 39.4 Å². The molecule has 2 aliphatic rings. The minimum Gasteiger partial charge on any atom is -0.444 e. The second-order valence-electron chi connectivity index (χ2n) is 8.23. The molecule has 1 aromatic rings. The van der Waals surface area contributed by atoms with E-state index in [1.807, 2.05) is 31.7 Å². The van der Waals surface area contributed by atoms with Crippen LogP contribution < -0.4 is 5.32 Å². The Balaban J connectivity index is 1.46. The SMILES string of the molecule is CC(C)(C)OC(=O)N1CCC2(CC1)CC(Nc1cccc(Br)c1)C2. The van der Waals surface area contributed by atoms with Gasteiger partial charge in [-0.1, -0.05) is 22.0 Å². The quantitative estimate of drug-likeness (QED) is 0.763. The average molecular weight is 395 g/mol. The number of anilines is 1. The number of rotatable bonds is 2. The number of ether oxygens (including phenoxy) is 1. The number of likely N-dealkylation sites (tertiary alicyclic amines) is 1. The molecule has 1 heterocycles. The van der Waals surface area contributed by atoms with E-state index in [1.54, 1.807) is 0 Å². The van der Waals surface area contributed by atoms with Crippen LogP contribution >= 0.6 is 15.9 Å². The molecule has 2 fully saturated rings. The van der Waals surface area contributed by atoms with Gasteiger partial charge in [0, 0.05) is 29.3 Å². The van der Waals surface area contributed by atoms with Gasteiger partial charge in [-0.2, -0.15) is 0 Å². The minimum absolute atomic E-state index is 0.166. The maximum absolute atomic E-state index is 12.2. The fourth-order valence-electron chi connectivity index (χ4n) is 3.80. The van der Waals surface area contributed by atoms with Gasteiger partial charge in [0.15, 0.2) is 0 Å². The predicted octanol–water partition coefficient (Wildman–Crippen LogP) is 5.04. The molecule has 4 nitrogen and oxygen atoms in total. The first kappa shape index (κ1) is 17.6. The van der Waals surface area contributed by atoms with Gasteiger partial charge in [0.2, 0.25) is 0 Å². The fraction of sp³-hybridized carbons (Fsp3) is 0.632. The molecule has 1 aromatic carbocycles. The zero-order chi connectivity index (χ0) is 17.4. The van der Waals surface area contributed by atoms with Gasteiger partial charge in [0.25, 0.3) is 0 Å². The zero-order valence-corrected chi connectivity index (χ0v) is 16.4. The molecule has 0 radical (unpaired) electrons.